The van der Waals surface area contributed by atoms with E-state index in [4.69, 9.17) is 71.3 Å². The summed E-state index contributed by atoms with van der Waals surface area (Å²) in [6, 6.07) is 40.0. The molecule has 32 N–H and O–H groups in total. The summed E-state index contributed by atoms with van der Waals surface area (Å²) < 4.78 is 0. The zero-order chi connectivity index (χ0) is 108. The normalized spacial score (nSPS) is 11.7. The van der Waals surface area contributed by atoms with E-state index in [0.717, 1.165) is 84.1 Å². The van der Waals surface area contributed by atoms with Crippen LogP contribution >= 0.6 is 0 Å². The Morgan fingerprint density at radius 1 is 0.284 bits per heavy atom. The molecule has 8 heterocycles. The highest BCUT2D eigenvalue weighted by Crippen LogP contribution is 2.38. The summed E-state index contributed by atoms with van der Waals surface area (Å²) in [5.74, 6) is -11.0. The van der Waals surface area contributed by atoms with Crippen molar-refractivity contribution < 1.29 is 98.4 Å². The van der Waals surface area contributed by atoms with E-state index in [2.05, 4.69) is 97.4 Å². The number of aliphatic carboxylic acids is 8. The topological polar surface area (TPSA) is 826 Å². The summed E-state index contributed by atoms with van der Waals surface area (Å²) in [4.78, 5) is 190. The number of amides is 4. The van der Waals surface area contributed by atoms with E-state index >= 15 is 0 Å². The summed E-state index contributed by atoms with van der Waals surface area (Å²) in [6.07, 6.45) is -1.000. The second-order valence-electron chi connectivity index (χ2n) is 33.4. The number of anilines is 12. The smallest absolute Gasteiger partial charge is 0.326 e. The quantitative estimate of drug-likeness (QED) is 0.0170. The number of carboxylic acid groups (broad SMARTS) is 8. The number of nitrogen functional groups attached to an aromatic ring is 8. The molecule has 768 valence electrons. The minimum atomic E-state index is -1.31. The molecular formula is C100H108N28O20. The zero-order valence-electron chi connectivity index (χ0n) is 80.7. The number of carbonyl (C=O) groups is 12. The van der Waals surface area contributed by atoms with Crippen LogP contribution in [0.1, 0.15) is 163 Å². The van der Waals surface area contributed by atoms with Gasteiger partial charge in [-0.05, 0) is 197 Å². The molecule has 4 amide bonds. The minimum absolute atomic E-state index is 0.0393. The molecule has 0 bridgehead atoms. The third kappa shape index (κ3) is 28.5. The van der Waals surface area contributed by atoms with Crippen molar-refractivity contribution in [1.29, 1.82) is 0 Å². The Labute approximate surface area is 842 Å². The molecule has 48 nitrogen and oxygen atoms in total. The average molecular weight is 2020 g/mol. The number of fused-ring (bicyclic) bond motifs is 4. The number of hydrogen-bond donors (Lipinski definition) is 24. The van der Waals surface area contributed by atoms with Crippen LogP contribution in [-0.4, -0.2) is 196 Å². The molecule has 8 aromatic heterocycles. The number of benzene rings is 6. The van der Waals surface area contributed by atoms with Crippen molar-refractivity contribution in [2.75, 3.05) is 67.1 Å². The standard InChI is InChI=1S/2C27H27N7O5.2C23H27N7O5/c1-14-18(21(15-5-3-2-4-6-15)22-23(28)33-27(29)34-24(22)31-14)13-30-17-9-7-16(8-10-17)25(37)32-19(26(38)39)11-12-20(35)36;1-14-18(22(15-5-3-2-4-6-15)32-24-21(14)23(28)33-27(29)34-24)13-30-17-9-7-16(8-10-17)25(37)31-19(26(38)39)11-12-20(35)36;1-3-15-14(11(2)18-19(24)29-23(25)30-20(18)27-15)10-26-13-6-4-12(5-7-13)21(33)28-16(22(34)35)8-9-17(31)32;1-3-14-15(11(2)27-20-18(14)19(24)29-23(25)30-20)10-26-13-6-4-12(5-7-13)21(33)28-16(22(34)35)8-9-17(31)32/h2-10,19,30H,11-13H2,1H3,(H,32,37)(H,35,36)(H,38,39)(H4,28,29,31,33,34);2-10,19,30H,11-13H2,1H3,(H,31,37)(H,35,36)(H,38,39)(H4,28,29,32,33,34);2*4-7,16,26H,3,8-10H2,1-2H3,(H,28,33)(H,31,32)(H,34,35)(H4,24,25,27,29,30)/t2*19-;2*16-/m0000/s1. The van der Waals surface area contributed by atoms with Crippen molar-refractivity contribution in [1.82, 2.24) is 81.1 Å². The number of carboxylic acids is 8. The SMILES string of the molecule is CCc1c(CNc2ccc(C(=O)N[C@@H](CCC(=O)O)C(=O)O)cc2)c(C)nc2nc(N)nc(N)c12.CCc1nc2nc(N)nc(N)c2c(C)c1CNc1ccc(C(=O)N[C@@H](CCC(=O)O)C(=O)O)cc1.Cc1c(CNc2ccc(C(=O)N[C@@H](CCC(=O)O)C(=O)O)cc2)c(-c2ccccc2)nc2nc(N)nc(N)c12.Cc1nc2nc(N)nc(N)c2c(-c2ccccc2)c1CNc1ccc(C(=O)N[C@@H](CCC(=O)O)C(=O)O)cc1. The number of hydrogen-bond acceptors (Lipinski definition) is 36. The van der Waals surface area contributed by atoms with Crippen LogP contribution in [0.2, 0.25) is 0 Å². The van der Waals surface area contributed by atoms with Crippen molar-refractivity contribution in [2.24, 2.45) is 0 Å². The number of nitrogens with two attached hydrogens (primary N) is 8. The second kappa shape index (κ2) is 49.8. The predicted octanol–water partition coefficient (Wildman–Crippen LogP) is 9.09. The van der Waals surface area contributed by atoms with Gasteiger partial charge in [0.05, 0.1) is 27.2 Å². The van der Waals surface area contributed by atoms with Crippen molar-refractivity contribution in [2.45, 2.75) is 156 Å². The fraction of sp³-hybridized carbons (Fsp3) is 0.240. The highest BCUT2D eigenvalue weighted by molar-refractivity contribution is 6.04. The number of rotatable bonds is 40. The van der Waals surface area contributed by atoms with Crippen LogP contribution in [0.25, 0.3) is 66.5 Å². The number of aromatic nitrogens is 12. The molecule has 6 aromatic carbocycles. The third-order valence-corrected chi connectivity index (χ3v) is 23.4. The number of pyridine rings is 4. The molecule has 48 heteroatoms. The highest BCUT2D eigenvalue weighted by atomic mass is 16.4. The number of nitrogens with one attached hydrogen (secondary N) is 8. The van der Waals surface area contributed by atoms with Crippen LogP contribution in [0.3, 0.4) is 0 Å². The van der Waals surface area contributed by atoms with Gasteiger partial charge in [0.1, 0.15) is 47.4 Å². The molecule has 0 saturated carbocycles. The fourth-order valence-corrected chi connectivity index (χ4v) is 15.9. The molecule has 0 fully saturated rings. The first-order valence-electron chi connectivity index (χ1n) is 45.8. The molecule has 0 aliphatic carbocycles. The van der Waals surface area contributed by atoms with E-state index < -0.39 is 95.6 Å². The van der Waals surface area contributed by atoms with Crippen LogP contribution in [0.15, 0.2) is 158 Å². The first-order valence-corrected chi connectivity index (χ1v) is 45.8. The van der Waals surface area contributed by atoms with Gasteiger partial charge in [-0.1, -0.05) is 74.5 Å². The molecule has 0 aliphatic rings. The van der Waals surface area contributed by atoms with Gasteiger partial charge in [0.25, 0.3) is 23.6 Å². The van der Waals surface area contributed by atoms with Crippen LogP contribution in [0.5, 0.6) is 0 Å². The van der Waals surface area contributed by atoms with Gasteiger partial charge in [-0.15, -0.1) is 0 Å². The van der Waals surface area contributed by atoms with Crippen LogP contribution in [-0.2, 0) is 77.4 Å². The third-order valence-electron chi connectivity index (χ3n) is 23.4. The summed E-state index contributed by atoms with van der Waals surface area (Å²) in [7, 11) is 0. The van der Waals surface area contributed by atoms with Crippen LogP contribution in [0, 0.1) is 27.7 Å². The van der Waals surface area contributed by atoms with E-state index in [0.29, 0.717) is 100 Å². The molecule has 14 aromatic rings. The fourth-order valence-electron chi connectivity index (χ4n) is 15.9. The molecule has 148 heavy (non-hydrogen) atoms. The van der Waals surface area contributed by atoms with Gasteiger partial charge in [0.2, 0.25) is 23.8 Å². The Kier molecular flexibility index (Phi) is 36.6. The Morgan fingerprint density at radius 3 is 0.885 bits per heavy atom. The van der Waals surface area contributed by atoms with Gasteiger partial charge in [-0.3, -0.25) is 38.4 Å². The molecular weight excluding hydrogens is 1910 g/mol. The van der Waals surface area contributed by atoms with Crippen molar-refractivity contribution in [3.63, 3.8) is 0 Å². The molecule has 0 aliphatic heterocycles. The summed E-state index contributed by atoms with van der Waals surface area (Å²) in [5.41, 5.74) is 65.2. The zero-order valence-corrected chi connectivity index (χ0v) is 80.7. The molecule has 0 spiro atoms. The lowest BCUT2D eigenvalue weighted by Gasteiger charge is -2.18. The molecule has 0 unspecified atom stereocenters. The van der Waals surface area contributed by atoms with Crippen molar-refractivity contribution in [3.05, 3.63) is 236 Å². The minimum Gasteiger partial charge on any atom is -0.481 e. The lowest BCUT2D eigenvalue weighted by Crippen LogP contribution is -2.41. The average Bonchev–Trinajstić information content (AvgIpc) is 0.744. The maximum absolute atomic E-state index is 12.5. The lowest BCUT2D eigenvalue weighted by atomic mass is 9.95. The van der Waals surface area contributed by atoms with E-state index in [1.807, 2.05) is 102 Å². The van der Waals surface area contributed by atoms with E-state index in [1.165, 1.54) is 0 Å². The van der Waals surface area contributed by atoms with Crippen LogP contribution in [0.4, 0.5) is 69.8 Å². The Balaban J connectivity index is 0.000000188. The first kappa shape index (κ1) is 109. The predicted molar refractivity (Wildman–Crippen MR) is 551 cm³/mol. The monoisotopic (exact) mass is 2020 g/mol. The van der Waals surface area contributed by atoms with E-state index in [-0.39, 0.29) is 121 Å². The molecule has 4 atom stereocenters. The number of aryl methyl sites for hydroxylation is 6. The number of carbonyl (C=O) groups excluding carboxylic acids is 4. The highest BCUT2D eigenvalue weighted by Gasteiger charge is 2.30. The maximum atomic E-state index is 12.5. The summed E-state index contributed by atoms with van der Waals surface area (Å²) >= 11 is 0. The molecule has 14 rings (SSSR count). The summed E-state index contributed by atoms with van der Waals surface area (Å²) in [6.45, 7) is 13.2. The molecule has 0 radical (unpaired) electrons. The summed E-state index contributed by atoms with van der Waals surface area (Å²) in [5, 5.41) is 97.3. The Morgan fingerprint density at radius 2 is 0.561 bits per heavy atom. The largest absolute Gasteiger partial charge is 0.481 e. The molecule has 0 saturated heterocycles. The van der Waals surface area contributed by atoms with Crippen LogP contribution < -0.4 is 88.4 Å². The first-order chi connectivity index (χ1) is 70.5. The van der Waals surface area contributed by atoms with Crippen molar-refractivity contribution in [3.8, 4) is 22.4 Å². The van der Waals surface area contributed by atoms with Gasteiger partial charge >= 0.3 is 47.8 Å². The van der Waals surface area contributed by atoms with Gasteiger partial charge in [0.15, 0.2) is 22.6 Å². The lowest BCUT2D eigenvalue weighted by molar-refractivity contribution is -0.142. The van der Waals surface area contributed by atoms with Gasteiger partial charge in [-0.25, -0.2) is 39.1 Å². The van der Waals surface area contributed by atoms with Gasteiger partial charge in [0, 0.05) is 136 Å². The maximum Gasteiger partial charge on any atom is 0.326 e. The van der Waals surface area contributed by atoms with E-state index in [1.54, 1.807) is 97.1 Å². The van der Waals surface area contributed by atoms with E-state index in [9.17, 15) is 78.0 Å². The van der Waals surface area contributed by atoms with Gasteiger partial charge < -0.3 is 129 Å². The Hall–Kier alpha value is -19.5. The van der Waals surface area contributed by atoms with Gasteiger partial charge in [-0.2, -0.15) is 39.9 Å². The number of nitrogens with zero attached hydrogens (tertiary/aromatic N) is 12. The van der Waals surface area contributed by atoms with Crippen molar-refractivity contribution >= 4 is 185 Å². The second-order valence-corrected chi connectivity index (χ2v) is 33.4. The Bertz CT molecular complexity index is 7160.